The number of hydrogen-bond donors (Lipinski definition) is 1. The number of β-amino-alcohol motifs (C(OH)–C–C–N with tert-alkyl or cyclic N) is 1. The zero-order chi connectivity index (χ0) is 16.6. The van der Waals surface area contributed by atoms with Gasteiger partial charge in [0.05, 0.1) is 19.3 Å². The van der Waals surface area contributed by atoms with Crippen LogP contribution in [0.1, 0.15) is 18.5 Å². The number of aromatic nitrogens is 5. The van der Waals surface area contributed by atoms with E-state index in [0.717, 1.165) is 18.6 Å². The molecule has 0 aromatic carbocycles. The summed E-state index contributed by atoms with van der Waals surface area (Å²) in [4.78, 5) is 6.58. The summed E-state index contributed by atoms with van der Waals surface area (Å²) >= 11 is 0. The Morgan fingerprint density at radius 2 is 2.25 bits per heavy atom. The van der Waals surface area contributed by atoms with Crippen LogP contribution in [0.3, 0.4) is 0 Å². The number of anilines is 1. The Labute approximate surface area is 138 Å². The van der Waals surface area contributed by atoms with E-state index in [-0.39, 0.29) is 0 Å². The molecule has 122 valence electrons. The molecule has 1 atom stereocenters. The van der Waals surface area contributed by atoms with Gasteiger partial charge in [-0.2, -0.15) is 5.26 Å². The Hall–Kier alpha value is -2.92. The molecule has 1 aliphatic heterocycles. The van der Waals surface area contributed by atoms with Crippen molar-refractivity contribution in [2.24, 2.45) is 0 Å². The summed E-state index contributed by atoms with van der Waals surface area (Å²) in [5, 5.41) is 28.2. The van der Waals surface area contributed by atoms with Gasteiger partial charge in [0.25, 0.3) is 0 Å². The minimum atomic E-state index is -0.922. The van der Waals surface area contributed by atoms with Crippen LogP contribution in [0.15, 0.2) is 36.8 Å². The fourth-order valence-electron chi connectivity index (χ4n) is 3.35. The molecular formula is C16H17N7O. The second kappa shape index (κ2) is 5.62. The number of imidazole rings is 1. The van der Waals surface area contributed by atoms with E-state index in [4.69, 9.17) is 0 Å². The van der Waals surface area contributed by atoms with Crippen LogP contribution >= 0.6 is 0 Å². The van der Waals surface area contributed by atoms with Gasteiger partial charge in [-0.1, -0.05) is 11.3 Å². The molecule has 4 heterocycles. The molecule has 0 bridgehead atoms. The van der Waals surface area contributed by atoms with Gasteiger partial charge >= 0.3 is 0 Å². The molecule has 1 N–H and O–H groups in total. The predicted molar refractivity (Wildman–Crippen MR) is 86.3 cm³/mol. The number of piperidine rings is 1. The van der Waals surface area contributed by atoms with E-state index in [9.17, 15) is 10.4 Å². The van der Waals surface area contributed by atoms with Gasteiger partial charge in [0.15, 0.2) is 11.5 Å². The maximum absolute atomic E-state index is 11.0. The average Bonchev–Trinajstić information content (AvgIpc) is 3.21. The second-order valence-corrected chi connectivity index (χ2v) is 6.17. The zero-order valence-electron chi connectivity index (χ0n) is 13.1. The number of fused-ring (bicyclic) bond motifs is 1. The highest BCUT2D eigenvalue weighted by atomic mass is 16.3. The Morgan fingerprint density at radius 1 is 1.33 bits per heavy atom. The van der Waals surface area contributed by atoms with Gasteiger partial charge in [-0.15, -0.1) is 5.10 Å². The van der Waals surface area contributed by atoms with Crippen molar-refractivity contribution in [3.05, 3.63) is 42.5 Å². The smallest absolute Gasteiger partial charge is 0.169 e. The standard InChI is InChI=1S/C16H17N7O/c17-10-13-15(19-14-4-1-2-8-23(13)14)21-7-3-5-16(24,11-21)12-22-9-6-18-20-22/h1-2,4,6,8-9,24H,3,5,7,11-12H2. The van der Waals surface area contributed by atoms with E-state index >= 15 is 0 Å². The minimum Gasteiger partial charge on any atom is -0.386 e. The molecule has 0 aliphatic carbocycles. The van der Waals surface area contributed by atoms with E-state index < -0.39 is 5.60 Å². The van der Waals surface area contributed by atoms with Gasteiger partial charge < -0.3 is 10.0 Å². The third-order valence-electron chi connectivity index (χ3n) is 4.40. The number of nitrogens with zero attached hydrogens (tertiary/aromatic N) is 7. The molecule has 0 amide bonds. The highest BCUT2D eigenvalue weighted by Gasteiger charge is 2.36. The van der Waals surface area contributed by atoms with E-state index in [2.05, 4.69) is 21.4 Å². The summed E-state index contributed by atoms with van der Waals surface area (Å²) in [6.45, 7) is 1.54. The van der Waals surface area contributed by atoms with Crippen LogP contribution in [0, 0.1) is 11.3 Å². The first-order valence-corrected chi connectivity index (χ1v) is 7.87. The second-order valence-electron chi connectivity index (χ2n) is 6.17. The molecule has 0 spiro atoms. The maximum atomic E-state index is 11.0. The number of hydrogen-bond acceptors (Lipinski definition) is 6. The van der Waals surface area contributed by atoms with Crippen LogP contribution < -0.4 is 4.90 Å². The SMILES string of the molecule is N#Cc1c(N2CCCC(O)(Cn3ccnn3)C2)nc2ccccn12. The summed E-state index contributed by atoms with van der Waals surface area (Å²) in [5.41, 5.74) is 0.305. The molecule has 8 heteroatoms. The monoisotopic (exact) mass is 323 g/mol. The van der Waals surface area contributed by atoms with E-state index in [1.54, 1.807) is 21.5 Å². The first kappa shape index (κ1) is 14.7. The Bertz CT molecular complexity index is 895. The molecule has 0 saturated carbocycles. The normalized spacial score (nSPS) is 21.1. The van der Waals surface area contributed by atoms with Crippen molar-refractivity contribution >= 4 is 11.5 Å². The van der Waals surface area contributed by atoms with Crippen LogP contribution in [0.25, 0.3) is 5.65 Å². The van der Waals surface area contributed by atoms with E-state index in [1.807, 2.05) is 29.3 Å². The largest absolute Gasteiger partial charge is 0.386 e. The van der Waals surface area contributed by atoms with Gasteiger partial charge in [-0.05, 0) is 25.0 Å². The topological polar surface area (TPSA) is 95.3 Å². The lowest BCUT2D eigenvalue weighted by molar-refractivity contribution is 0.00586. The Morgan fingerprint density at radius 3 is 3.04 bits per heavy atom. The predicted octanol–water partition coefficient (Wildman–Crippen LogP) is 0.829. The fourth-order valence-corrected chi connectivity index (χ4v) is 3.35. The van der Waals surface area contributed by atoms with Crippen LogP contribution in [0.4, 0.5) is 5.82 Å². The quantitative estimate of drug-likeness (QED) is 0.767. The lowest BCUT2D eigenvalue weighted by atomic mass is 9.92. The number of nitriles is 1. The van der Waals surface area contributed by atoms with E-state index in [1.165, 1.54) is 0 Å². The molecule has 1 fully saturated rings. The van der Waals surface area contributed by atoms with Crippen molar-refractivity contribution in [3.63, 3.8) is 0 Å². The average molecular weight is 323 g/mol. The molecule has 3 aromatic rings. The van der Waals surface area contributed by atoms with Crippen molar-refractivity contribution in [1.29, 1.82) is 5.26 Å². The van der Waals surface area contributed by atoms with Crippen molar-refractivity contribution in [2.45, 2.75) is 25.0 Å². The van der Waals surface area contributed by atoms with Gasteiger partial charge in [-0.3, -0.25) is 4.40 Å². The van der Waals surface area contributed by atoms with Crippen molar-refractivity contribution in [3.8, 4) is 6.07 Å². The summed E-state index contributed by atoms with van der Waals surface area (Å²) in [6.07, 6.45) is 6.67. The van der Waals surface area contributed by atoms with Crippen molar-refractivity contribution in [2.75, 3.05) is 18.0 Å². The lowest BCUT2D eigenvalue weighted by Gasteiger charge is -2.39. The van der Waals surface area contributed by atoms with Crippen molar-refractivity contribution < 1.29 is 5.11 Å². The molecule has 1 unspecified atom stereocenters. The maximum Gasteiger partial charge on any atom is 0.169 e. The molecule has 4 rings (SSSR count). The number of aliphatic hydroxyl groups is 1. The van der Waals surface area contributed by atoms with Gasteiger partial charge in [0, 0.05) is 18.9 Å². The summed E-state index contributed by atoms with van der Waals surface area (Å²) in [7, 11) is 0. The van der Waals surface area contributed by atoms with Gasteiger partial charge in [0.2, 0.25) is 0 Å². The first-order chi connectivity index (χ1) is 11.7. The van der Waals surface area contributed by atoms with E-state index in [0.29, 0.717) is 31.0 Å². The molecule has 3 aromatic heterocycles. The Kier molecular flexibility index (Phi) is 3.43. The molecular weight excluding hydrogens is 306 g/mol. The summed E-state index contributed by atoms with van der Waals surface area (Å²) in [6, 6.07) is 7.87. The highest BCUT2D eigenvalue weighted by Crippen LogP contribution is 2.29. The summed E-state index contributed by atoms with van der Waals surface area (Å²) < 4.78 is 3.42. The highest BCUT2D eigenvalue weighted by molar-refractivity contribution is 5.60. The molecule has 0 radical (unpaired) electrons. The number of rotatable bonds is 3. The van der Waals surface area contributed by atoms with Gasteiger partial charge in [0.1, 0.15) is 17.3 Å². The lowest BCUT2D eigenvalue weighted by Crippen LogP contribution is -2.51. The van der Waals surface area contributed by atoms with Crippen LogP contribution in [0.5, 0.6) is 0 Å². The van der Waals surface area contributed by atoms with Crippen molar-refractivity contribution in [1.82, 2.24) is 24.4 Å². The minimum absolute atomic E-state index is 0.374. The number of pyridine rings is 1. The Balaban J connectivity index is 1.66. The third-order valence-corrected chi connectivity index (χ3v) is 4.40. The molecule has 8 nitrogen and oxygen atoms in total. The van der Waals surface area contributed by atoms with Crippen LogP contribution in [-0.4, -0.2) is 48.2 Å². The zero-order valence-corrected chi connectivity index (χ0v) is 13.1. The van der Waals surface area contributed by atoms with Crippen LogP contribution in [-0.2, 0) is 6.54 Å². The molecule has 1 saturated heterocycles. The first-order valence-electron chi connectivity index (χ1n) is 7.87. The molecule has 24 heavy (non-hydrogen) atoms. The molecule has 1 aliphatic rings. The van der Waals surface area contributed by atoms with Crippen LogP contribution in [0.2, 0.25) is 0 Å². The van der Waals surface area contributed by atoms with Gasteiger partial charge in [-0.25, -0.2) is 9.67 Å². The fraction of sp³-hybridized carbons (Fsp3) is 0.375. The third kappa shape index (κ3) is 2.49. The summed E-state index contributed by atoms with van der Waals surface area (Å²) in [5.74, 6) is 0.625.